The van der Waals surface area contributed by atoms with E-state index in [1.54, 1.807) is 18.9 Å². The Morgan fingerprint density at radius 1 is 1.38 bits per heavy atom. The number of rotatable bonds is 7. The van der Waals surface area contributed by atoms with Crippen LogP contribution in [0.1, 0.15) is 17.8 Å². The highest BCUT2D eigenvalue weighted by molar-refractivity contribution is 6.31. The normalized spacial score (nSPS) is 24.1. The van der Waals surface area contributed by atoms with Crippen LogP contribution in [0.4, 0.5) is 0 Å². The van der Waals surface area contributed by atoms with Crippen LogP contribution in [0.3, 0.4) is 0 Å². The van der Waals surface area contributed by atoms with Crippen molar-refractivity contribution >= 4 is 17.5 Å². The van der Waals surface area contributed by atoms with Gasteiger partial charge in [0.25, 0.3) is 0 Å². The van der Waals surface area contributed by atoms with Crippen molar-refractivity contribution in [2.45, 2.75) is 39.0 Å². The van der Waals surface area contributed by atoms with E-state index in [1.807, 2.05) is 13.8 Å². The number of nitrogens with one attached hydrogen (secondary N) is 1. The molecule has 1 aromatic rings. The summed E-state index contributed by atoms with van der Waals surface area (Å²) < 4.78 is 18.2. The Morgan fingerprint density at radius 3 is 2.71 bits per heavy atom. The predicted molar refractivity (Wildman–Crippen MR) is 90.2 cm³/mol. The number of halogens is 1. The van der Waals surface area contributed by atoms with Crippen LogP contribution >= 0.6 is 11.6 Å². The summed E-state index contributed by atoms with van der Waals surface area (Å²) in [5, 5.41) is 7.93. The summed E-state index contributed by atoms with van der Waals surface area (Å²) in [6.45, 7) is 5.81. The molecule has 7 nitrogen and oxygen atoms in total. The molecule has 2 rings (SSSR count). The maximum absolute atomic E-state index is 12.1. The summed E-state index contributed by atoms with van der Waals surface area (Å²) in [6.07, 6.45) is 0.151. The third-order valence-corrected chi connectivity index (χ3v) is 4.97. The molecule has 0 spiro atoms. The van der Waals surface area contributed by atoms with Gasteiger partial charge in [-0.2, -0.15) is 5.10 Å². The van der Waals surface area contributed by atoms with Gasteiger partial charge in [-0.25, -0.2) is 0 Å². The predicted octanol–water partition coefficient (Wildman–Crippen LogP) is 1.34. The van der Waals surface area contributed by atoms with Gasteiger partial charge < -0.3 is 19.5 Å². The highest BCUT2D eigenvalue weighted by Gasteiger charge is 2.34. The van der Waals surface area contributed by atoms with Crippen molar-refractivity contribution in [1.29, 1.82) is 0 Å². The average molecular weight is 360 g/mol. The highest BCUT2D eigenvalue weighted by atomic mass is 35.5. The van der Waals surface area contributed by atoms with Crippen LogP contribution in [0.2, 0.25) is 5.02 Å². The van der Waals surface area contributed by atoms with Crippen LogP contribution < -0.4 is 5.32 Å². The van der Waals surface area contributed by atoms with E-state index in [0.717, 1.165) is 11.4 Å². The lowest BCUT2D eigenvalue weighted by molar-refractivity contribution is -0.147. The molecule has 1 aliphatic heterocycles. The molecular formula is C16H26ClN3O4. The minimum atomic E-state index is -0.109. The van der Waals surface area contributed by atoms with E-state index < -0.39 is 0 Å². The molecule has 1 amide bonds. The van der Waals surface area contributed by atoms with Crippen LogP contribution in [0, 0.1) is 19.8 Å². The van der Waals surface area contributed by atoms with E-state index in [4.69, 9.17) is 25.8 Å². The summed E-state index contributed by atoms with van der Waals surface area (Å²) in [5.74, 6) is 0.0360. The zero-order chi connectivity index (χ0) is 17.7. The van der Waals surface area contributed by atoms with Gasteiger partial charge in [-0.3, -0.25) is 9.48 Å². The number of carbonyl (C=O) groups is 1. The monoisotopic (exact) mass is 359 g/mol. The maximum Gasteiger partial charge on any atom is 0.221 e. The smallest absolute Gasteiger partial charge is 0.221 e. The lowest BCUT2D eigenvalue weighted by Crippen LogP contribution is -2.50. The van der Waals surface area contributed by atoms with Gasteiger partial charge in [0, 0.05) is 33.1 Å². The summed E-state index contributed by atoms with van der Waals surface area (Å²) in [5.41, 5.74) is 1.66. The molecule has 0 aromatic carbocycles. The Kier molecular flexibility index (Phi) is 7.03. The number of aryl methyl sites for hydroxylation is 2. The molecule has 2 heterocycles. The van der Waals surface area contributed by atoms with Gasteiger partial charge in [-0.05, 0) is 13.8 Å². The van der Waals surface area contributed by atoms with Crippen molar-refractivity contribution in [3.8, 4) is 0 Å². The number of ether oxygens (including phenoxy) is 3. The van der Waals surface area contributed by atoms with Crippen molar-refractivity contribution in [3.05, 3.63) is 16.4 Å². The molecule has 0 aliphatic carbocycles. The van der Waals surface area contributed by atoms with Gasteiger partial charge in [0.1, 0.15) is 6.10 Å². The lowest BCUT2D eigenvalue weighted by atomic mass is 9.96. The van der Waals surface area contributed by atoms with E-state index in [-0.39, 0.29) is 24.0 Å². The molecule has 24 heavy (non-hydrogen) atoms. The van der Waals surface area contributed by atoms with E-state index in [9.17, 15) is 4.79 Å². The van der Waals surface area contributed by atoms with Crippen molar-refractivity contribution in [2.24, 2.45) is 5.92 Å². The zero-order valence-corrected chi connectivity index (χ0v) is 15.4. The average Bonchev–Trinajstić information content (AvgIpc) is 2.84. The molecule has 1 fully saturated rings. The first-order chi connectivity index (χ1) is 11.5. The molecule has 0 unspecified atom stereocenters. The lowest BCUT2D eigenvalue weighted by Gasteiger charge is -2.36. The fraction of sp³-hybridized carbons (Fsp3) is 0.750. The van der Waals surface area contributed by atoms with Crippen molar-refractivity contribution < 1.29 is 19.0 Å². The third-order valence-electron chi connectivity index (χ3n) is 4.43. The Balaban J connectivity index is 1.81. The molecule has 0 saturated carbocycles. The van der Waals surface area contributed by atoms with Gasteiger partial charge in [-0.15, -0.1) is 0 Å². The Hall–Kier alpha value is -1.15. The Bertz CT molecular complexity index is 564. The van der Waals surface area contributed by atoms with Crippen LogP contribution in [-0.2, 0) is 25.5 Å². The van der Waals surface area contributed by atoms with Crippen molar-refractivity contribution in [3.63, 3.8) is 0 Å². The topological polar surface area (TPSA) is 74.6 Å². The second kappa shape index (κ2) is 8.80. The molecule has 136 valence electrons. The number of methoxy groups -OCH3 is 2. The number of carbonyl (C=O) groups excluding carboxylic acids is 1. The molecular weight excluding hydrogens is 334 g/mol. The van der Waals surface area contributed by atoms with Crippen LogP contribution in [0.25, 0.3) is 0 Å². The molecule has 3 atom stereocenters. The molecule has 0 radical (unpaired) electrons. The molecule has 0 bridgehead atoms. The van der Waals surface area contributed by atoms with E-state index >= 15 is 0 Å². The Labute approximate surface area is 147 Å². The first kappa shape index (κ1) is 19.2. The molecule has 1 saturated heterocycles. The summed E-state index contributed by atoms with van der Waals surface area (Å²) in [4.78, 5) is 12.1. The van der Waals surface area contributed by atoms with Gasteiger partial charge in [0.2, 0.25) is 5.91 Å². The van der Waals surface area contributed by atoms with Crippen molar-refractivity contribution in [1.82, 2.24) is 15.1 Å². The summed E-state index contributed by atoms with van der Waals surface area (Å²) in [7, 11) is 3.30. The molecule has 1 N–H and O–H groups in total. The largest absolute Gasteiger partial charge is 0.378 e. The fourth-order valence-corrected chi connectivity index (χ4v) is 3.12. The summed E-state index contributed by atoms with van der Waals surface area (Å²) >= 11 is 6.11. The first-order valence-electron chi connectivity index (χ1n) is 8.07. The number of hydrogen-bond acceptors (Lipinski definition) is 5. The van der Waals surface area contributed by atoms with Crippen LogP contribution in [0.15, 0.2) is 0 Å². The second-order valence-electron chi connectivity index (χ2n) is 6.03. The van der Waals surface area contributed by atoms with Crippen LogP contribution in [-0.4, -0.2) is 61.9 Å². The molecule has 1 aromatic heterocycles. The van der Waals surface area contributed by atoms with E-state index in [0.29, 0.717) is 37.7 Å². The van der Waals surface area contributed by atoms with Gasteiger partial charge in [0.15, 0.2) is 0 Å². The molecule has 8 heteroatoms. The van der Waals surface area contributed by atoms with E-state index in [2.05, 4.69) is 10.4 Å². The third kappa shape index (κ3) is 4.47. The number of hydrogen-bond donors (Lipinski definition) is 1. The maximum atomic E-state index is 12.1. The number of amides is 1. The van der Waals surface area contributed by atoms with Gasteiger partial charge in [0.05, 0.1) is 42.3 Å². The SMILES string of the molecule is CO[C@H]1[C@H](CNC(=O)CCn2nc(C)c(Cl)c2C)COC[C@H]1OC. The van der Waals surface area contributed by atoms with Gasteiger partial charge in [-0.1, -0.05) is 11.6 Å². The van der Waals surface area contributed by atoms with Gasteiger partial charge >= 0.3 is 0 Å². The number of aromatic nitrogens is 2. The number of nitrogens with zero attached hydrogens (tertiary/aromatic N) is 2. The quantitative estimate of drug-likeness (QED) is 0.795. The Morgan fingerprint density at radius 2 is 2.12 bits per heavy atom. The van der Waals surface area contributed by atoms with Crippen molar-refractivity contribution in [2.75, 3.05) is 34.0 Å². The zero-order valence-electron chi connectivity index (χ0n) is 14.7. The summed E-state index contributed by atoms with van der Waals surface area (Å²) in [6, 6.07) is 0. The standard InChI is InChI=1S/C16H26ClN3O4/c1-10-15(17)11(2)20(19-10)6-5-14(21)18-7-12-8-24-9-13(22-3)16(12)23-4/h12-13,16H,5-9H2,1-4H3,(H,18,21)/t12-,13-,16+/m1/s1. The minimum Gasteiger partial charge on any atom is -0.378 e. The molecule has 1 aliphatic rings. The fourth-order valence-electron chi connectivity index (χ4n) is 2.98. The second-order valence-corrected chi connectivity index (χ2v) is 6.41. The van der Waals surface area contributed by atoms with Crippen LogP contribution in [0.5, 0.6) is 0 Å². The van der Waals surface area contributed by atoms with E-state index in [1.165, 1.54) is 0 Å². The highest BCUT2D eigenvalue weighted by Crippen LogP contribution is 2.20. The minimum absolute atomic E-state index is 0.0342. The first-order valence-corrected chi connectivity index (χ1v) is 8.45.